The largest absolute Gasteiger partial charge is 0.381 e. The SMILES string of the molecule is Cc1ccc(CN2Cc3ccnn3C[C@@H](COCC3CC3)C2)s1. The van der Waals surface area contributed by atoms with E-state index in [0.717, 1.165) is 45.3 Å². The summed E-state index contributed by atoms with van der Waals surface area (Å²) < 4.78 is 8.15. The Labute approximate surface area is 142 Å². The van der Waals surface area contributed by atoms with Gasteiger partial charge in [-0.1, -0.05) is 0 Å². The van der Waals surface area contributed by atoms with Gasteiger partial charge in [-0.3, -0.25) is 9.58 Å². The number of aromatic nitrogens is 2. The summed E-state index contributed by atoms with van der Waals surface area (Å²) in [6.07, 6.45) is 4.64. The average molecular weight is 331 g/mol. The molecule has 1 atom stereocenters. The summed E-state index contributed by atoms with van der Waals surface area (Å²) in [5, 5.41) is 4.51. The second-order valence-corrected chi connectivity index (χ2v) is 8.41. The van der Waals surface area contributed by atoms with Crippen LogP contribution in [0.1, 0.15) is 28.3 Å². The quantitative estimate of drug-likeness (QED) is 0.813. The van der Waals surface area contributed by atoms with Crippen molar-refractivity contribution >= 4 is 11.3 Å². The number of hydrogen-bond donors (Lipinski definition) is 0. The Morgan fingerprint density at radius 2 is 2.04 bits per heavy atom. The van der Waals surface area contributed by atoms with Gasteiger partial charge in [0.05, 0.1) is 12.3 Å². The van der Waals surface area contributed by atoms with Gasteiger partial charge in [-0.2, -0.15) is 5.10 Å². The van der Waals surface area contributed by atoms with E-state index in [4.69, 9.17) is 4.74 Å². The highest BCUT2D eigenvalue weighted by molar-refractivity contribution is 7.11. The molecule has 1 saturated carbocycles. The van der Waals surface area contributed by atoms with Gasteiger partial charge in [0.2, 0.25) is 0 Å². The molecule has 5 heteroatoms. The zero-order valence-corrected chi connectivity index (χ0v) is 14.6. The molecule has 23 heavy (non-hydrogen) atoms. The molecule has 0 unspecified atom stereocenters. The van der Waals surface area contributed by atoms with Gasteiger partial charge in [-0.05, 0) is 43.9 Å². The molecule has 0 radical (unpaired) electrons. The fraction of sp³-hybridized carbons (Fsp3) is 0.611. The molecule has 1 fully saturated rings. The summed E-state index contributed by atoms with van der Waals surface area (Å²) in [6.45, 7) is 8.07. The molecule has 0 amide bonds. The highest BCUT2D eigenvalue weighted by atomic mass is 32.1. The highest BCUT2D eigenvalue weighted by Crippen LogP contribution is 2.29. The van der Waals surface area contributed by atoms with E-state index in [1.54, 1.807) is 0 Å². The van der Waals surface area contributed by atoms with E-state index >= 15 is 0 Å². The van der Waals surface area contributed by atoms with Crippen LogP contribution in [-0.2, 0) is 24.4 Å². The normalized spacial score (nSPS) is 22.0. The third kappa shape index (κ3) is 4.03. The fourth-order valence-electron chi connectivity index (χ4n) is 3.32. The highest BCUT2D eigenvalue weighted by Gasteiger charge is 2.25. The first kappa shape index (κ1) is 15.4. The van der Waals surface area contributed by atoms with Gasteiger partial charge in [-0.25, -0.2) is 0 Å². The van der Waals surface area contributed by atoms with Crippen LogP contribution in [0.3, 0.4) is 0 Å². The fourth-order valence-corrected chi connectivity index (χ4v) is 4.25. The molecule has 0 bridgehead atoms. The van der Waals surface area contributed by atoms with Crippen LogP contribution in [0, 0.1) is 18.8 Å². The van der Waals surface area contributed by atoms with Crippen molar-refractivity contribution in [2.45, 2.75) is 39.4 Å². The molecular formula is C18H25N3OS. The van der Waals surface area contributed by atoms with E-state index in [0.29, 0.717) is 5.92 Å². The predicted octanol–water partition coefficient (Wildman–Crippen LogP) is 3.31. The number of ether oxygens (including phenoxy) is 1. The molecule has 3 heterocycles. The topological polar surface area (TPSA) is 30.3 Å². The van der Waals surface area contributed by atoms with Crippen molar-refractivity contribution in [3.05, 3.63) is 39.8 Å². The van der Waals surface area contributed by atoms with Crippen molar-refractivity contribution in [1.29, 1.82) is 0 Å². The van der Waals surface area contributed by atoms with E-state index in [2.05, 4.69) is 39.8 Å². The Hall–Kier alpha value is -1.17. The van der Waals surface area contributed by atoms with E-state index in [-0.39, 0.29) is 0 Å². The predicted molar refractivity (Wildman–Crippen MR) is 92.4 cm³/mol. The summed E-state index contributed by atoms with van der Waals surface area (Å²) in [6, 6.07) is 6.64. The Kier molecular flexibility index (Phi) is 4.51. The van der Waals surface area contributed by atoms with Crippen LogP contribution in [0.2, 0.25) is 0 Å². The number of nitrogens with zero attached hydrogens (tertiary/aromatic N) is 3. The first-order valence-corrected chi connectivity index (χ1v) is 9.44. The first-order valence-electron chi connectivity index (χ1n) is 8.62. The summed E-state index contributed by atoms with van der Waals surface area (Å²) in [4.78, 5) is 5.40. The molecule has 2 aromatic heterocycles. The molecule has 4 rings (SSSR count). The molecule has 124 valence electrons. The van der Waals surface area contributed by atoms with Gasteiger partial charge >= 0.3 is 0 Å². The van der Waals surface area contributed by atoms with E-state index in [9.17, 15) is 0 Å². The second kappa shape index (κ2) is 6.75. The molecule has 0 saturated heterocycles. The molecule has 2 aromatic rings. The number of rotatable bonds is 6. The van der Waals surface area contributed by atoms with Crippen LogP contribution in [0.5, 0.6) is 0 Å². The molecule has 0 spiro atoms. The number of hydrogen-bond acceptors (Lipinski definition) is 4. The van der Waals surface area contributed by atoms with E-state index in [1.807, 2.05) is 17.5 Å². The smallest absolute Gasteiger partial charge is 0.0524 e. The summed E-state index contributed by atoms with van der Waals surface area (Å²) in [7, 11) is 0. The summed E-state index contributed by atoms with van der Waals surface area (Å²) in [5.74, 6) is 1.36. The van der Waals surface area contributed by atoms with Crippen LogP contribution in [0.15, 0.2) is 24.4 Å². The molecule has 4 nitrogen and oxygen atoms in total. The van der Waals surface area contributed by atoms with Crippen LogP contribution >= 0.6 is 11.3 Å². The van der Waals surface area contributed by atoms with Crippen LogP contribution in [0.4, 0.5) is 0 Å². The van der Waals surface area contributed by atoms with Crippen LogP contribution < -0.4 is 0 Å². The van der Waals surface area contributed by atoms with Gasteiger partial charge in [0, 0.05) is 54.7 Å². The number of fused-ring (bicyclic) bond motifs is 1. The Balaban J connectivity index is 1.42. The summed E-state index contributed by atoms with van der Waals surface area (Å²) >= 11 is 1.91. The standard InChI is InChI=1S/C18H25N3OS/c1-14-2-5-18(23-14)11-20-8-16(13-22-12-15-3-4-15)9-21-17(10-20)6-7-19-21/h2,5-7,15-16H,3-4,8-13H2,1H3/t16-/m0/s1. The summed E-state index contributed by atoms with van der Waals surface area (Å²) in [5.41, 5.74) is 1.32. The Bertz CT molecular complexity index is 646. The number of thiophene rings is 1. The van der Waals surface area contributed by atoms with Crippen molar-refractivity contribution in [3.63, 3.8) is 0 Å². The van der Waals surface area contributed by atoms with Gasteiger partial charge in [0.15, 0.2) is 0 Å². The minimum Gasteiger partial charge on any atom is -0.381 e. The monoisotopic (exact) mass is 331 g/mol. The van der Waals surface area contributed by atoms with Crippen molar-refractivity contribution in [2.24, 2.45) is 11.8 Å². The third-order valence-corrected chi connectivity index (χ3v) is 5.70. The van der Waals surface area contributed by atoms with Gasteiger partial charge in [0.25, 0.3) is 0 Å². The van der Waals surface area contributed by atoms with Crippen molar-refractivity contribution in [3.8, 4) is 0 Å². The molecule has 1 aliphatic heterocycles. The second-order valence-electron chi connectivity index (χ2n) is 7.03. The molecule has 0 aromatic carbocycles. The maximum absolute atomic E-state index is 5.98. The van der Waals surface area contributed by atoms with E-state index < -0.39 is 0 Å². The minimum absolute atomic E-state index is 0.524. The van der Waals surface area contributed by atoms with Crippen LogP contribution in [0.25, 0.3) is 0 Å². The number of aryl methyl sites for hydroxylation is 1. The van der Waals surface area contributed by atoms with Gasteiger partial charge in [-0.15, -0.1) is 11.3 Å². The minimum atomic E-state index is 0.524. The lowest BCUT2D eigenvalue weighted by molar-refractivity contribution is 0.0698. The third-order valence-electron chi connectivity index (χ3n) is 4.72. The average Bonchev–Trinajstić information content (AvgIpc) is 3.16. The van der Waals surface area contributed by atoms with Crippen molar-refractivity contribution < 1.29 is 4.74 Å². The van der Waals surface area contributed by atoms with E-state index in [1.165, 1.54) is 28.3 Å². The van der Waals surface area contributed by atoms with Crippen molar-refractivity contribution in [2.75, 3.05) is 19.8 Å². The molecular weight excluding hydrogens is 306 g/mol. The molecule has 0 N–H and O–H groups in total. The molecule has 2 aliphatic rings. The lowest BCUT2D eigenvalue weighted by Crippen LogP contribution is -2.30. The molecule has 1 aliphatic carbocycles. The van der Waals surface area contributed by atoms with Crippen molar-refractivity contribution in [1.82, 2.24) is 14.7 Å². The Morgan fingerprint density at radius 3 is 2.83 bits per heavy atom. The lowest BCUT2D eigenvalue weighted by atomic mass is 10.1. The zero-order valence-electron chi connectivity index (χ0n) is 13.8. The lowest BCUT2D eigenvalue weighted by Gasteiger charge is -2.23. The van der Waals surface area contributed by atoms with Gasteiger partial charge < -0.3 is 4.74 Å². The first-order chi connectivity index (χ1) is 11.3. The van der Waals surface area contributed by atoms with Gasteiger partial charge in [0.1, 0.15) is 0 Å². The van der Waals surface area contributed by atoms with Crippen LogP contribution in [-0.4, -0.2) is 34.4 Å². The maximum Gasteiger partial charge on any atom is 0.0524 e. The zero-order chi connectivity index (χ0) is 15.6. The maximum atomic E-state index is 5.98. The Morgan fingerprint density at radius 1 is 1.17 bits per heavy atom.